The molecule has 0 unspecified atom stereocenters. The van der Waals surface area contributed by atoms with Crippen LogP contribution < -0.4 is 41.5 Å². The Morgan fingerprint density at radius 3 is 0.916 bits per heavy atom. The van der Waals surface area contributed by atoms with Gasteiger partial charge in [0.2, 0.25) is 5.95 Å². The SMILES string of the molecule is [2H]c1c([2H])c([2H])c([Si]2(c3c([2H])c([2H])c([2H])c([2H])c3[2H])c3c([2H])c([2H])c([2H])c(-c4nc(-c5c([2H])c([2H])c([2H])c6c5-n5c7c([2H])c([2H])c([2H])c([2H])c7c7c([2H])c([2H])c([2H])c(c75)[Si]6(c5c([2H])c([2H])c([2H])c([2H])c5[2H])c5c([2H])c([2H])c([2H])c([2H])c5[2H])nc(-n5c6c([2H])c([2H])c([2H])c([2H])c6c6c([2H])c([2H])c([2H])c([2H])c65)n4)c3-n3c4c([2H])c([2H])c([2H])c([2H])c4c4c([2H])c([2H])c([2H])c2c43)c([2H])c1[2H]. The lowest BCUT2D eigenvalue weighted by molar-refractivity contribution is 0.950. The maximum Gasteiger partial charge on any atom is 0.238 e. The summed E-state index contributed by atoms with van der Waals surface area (Å²) in [6.45, 7) is 0. The van der Waals surface area contributed by atoms with Crippen molar-refractivity contribution in [1.29, 1.82) is 0 Å². The fourth-order valence-electron chi connectivity index (χ4n) is 11.8. The molecule has 0 bridgehead atoms. The molecule has 2 aliphatic rings. The van der Waals surface area contributed by atoms with Gasteiger partial charge in [0.05, 0.1) is 110 Å². The molecule has 8 heteroatoms. The second-order valence-electron chi connectivity index (χ2n) is 18.6. The number of benzene rings is 12. The van der Waals surface area contributed by atoms with E-state index in [0.29, 0.717) is 13.7 Å². The van der Waals surface area contributed by atoms with Gasteiger partial charge in [-0.3, -0.25) is 4.57 Å². The largest absolute Gasteiger partial charge is 0.309 e. The van der Waals surface area contributed by atoms with E-state index in [0.717, 1.165) is 0 Å². The lowest BCUT2D eigenvalue weighted by Gasteiger charge is -2.40. The molecule has 16 aromatic rings. The zero-order chi connectivity index (χ0) is 96.2. The average molecular weight is 1140 g/mol. The van der Waals surface area contributed by atoms with Crippen LogP contribution >= 0.6 is 0 Å². The minimum absolute atomic E-state index is 0.506. The van der Waals surface area contributed by atoms with Crippen LogP contribution in [-0.2, 0) is 0 Å². The molecular weight excluding hydrogens is 1040 g/mol. The highest BCUT2D eigenvalue weighted by atomic mass is 28.3. The normalized spacial score (nSPS) is 21.8. The molecule has 0 radical (unpaired) electrons. The fraction of sp³-hybridized carbons (Fsp3) is 0. The summed E-state index contributed by atoms with van der Waals surface area (Å²) in [5.74, 6) is -4.32. The molecule has 386 valence electrons. The standard InChI is InChI=1S/C75H48N6Si2/c1-5-25-49(26-6-1)82(50-27-7-2-8-28-50)65-45-21-37-57-55-35-15-19-43-63(55)80(69(57)65)71-59(39-23-47-67(71)82)73-76-74(78-75(77-73)79-61-41-17-13-33-53(61)54-34-14-18-42-62(54)79)60-40-24-48-68-72(60)81-64-44-20-16-36-56(64)58-38-22-46-66(70(58)81)83(68,51-29-9-3-10-30-51)52-31-11-4-12-32-52/h1-48H/i1D,2D,3D,4D,5D,6D,7D,8D,9D,10D,11D,12D,13D,14D,15D,16D,17D,18D,19D,20D,21D,22D,23D,24D,25D,26D,27D,28D,29D,30D,31D,32D,33D,34D,35D,36D,37D,38D,39D,40D,41D,42D,43D,44D,45D,46D,47D,48D. The number of fused-ring (bicyclic) bond motifs is 13. The van der Waals surface area contributed by atoms with E-state index in [1.807, 2.05) is 0 Å². The van der Waals surface area contributed by atoms with E-state index < -0.39 is 453 Å². The summed E-state index contributed by atoms with van der Waals surface area (Å²) < 4.78 is 471. The number of hydrogen-bond donors (Lipinski definition) is 0. The molecule has 0 N–H and O–H groups in total. The van der Waals surface area contributed by atoms with E-state index in [9.17, 15) is 57.6 Å². The zero-order valence-corrected chi connectivity index (χ0v) is 43.2. The second kappa shape index (κ2) is 17.5. The van der Waals surface area contributed by atoms with Crippen molar-refractivity contribution in [2.24, 2.45) is 0 Å². The molecule has 6 heterocycles. The Bertz CT molecular complexity index is 7620. The molecule has 0 saturated carbocycles. The Morgan fingerprint density at radius 2 is 0.542 bits per heavy atom. The van der Waals surface area contributed by atoms with Crippen molar-refractivity contribution in [2.75, 3.05) is 0 Å². The molecule has 0 amide bonds. The van der Waals surface area contributed by atoms with Crippen molar-refractivity contribution in [2.45, 2.75) is 0 Å². The Hall–Kier alpha value is -10.5. The Morgan fingerprint density at radius 1 is 0.253 bits per heavy atom. The smallest absolute Gasteiger partial charge is 0.238 e. The predicted octanol–water partition coefficient (Wildman–Crippen LogP) is 11.9. The van der Waals surface area contributed by atoms with Crippen LogP contribution in [0, 0.1) is 0 Å². The second-order valence-corrected chi connectivity index (χ2v) is 25.6. The molecule has 18 rings (SSSR count). The average Bonchev–Trinajstić information content (AvgIpc) is 1.59. The maximum absolute atomic E-state index is 10.7. The van der Waals surface area contributed by atoms with Crippen LogP contribution in [0.5, 0.6) is 0 Å². The van der Waals surface area contributed by atoms with Gasteiger partial charge in [0, 0.05) is 43.4 Å². The molecule has 2 aliphatic heterocycles. The van der Waals surface area contributed by atoms with Crippen molar-refractivity contribution < 1.29 is 65.8 Å². The first-order chi connectivity index (χ1) is 61.1. The Kier molecular flexibility index (Phi) is 4.13. The number of nitrogens with zero attached hydrogens (tertiary/aromatic N) is 6. The minimum atomic E-state index is -6.77. The summed E-state index contributed by atoms with van der Waals surface area (Å²) in [6, 6.07) is -61.4. The highest BCUT2D eigenvalue weighted by Crippen LogP contribution is 2.42. The van der Waals surface area contributed by atoms with E-state index >= 15 is 0 Å². The Balaban J connectivity index is 1.22. The van der Waals surface area contributed by atoms with E-state index in [2.05, 4.69) is 0 Å². The van der Waals surface area contributed by atoms with Crippen molar-refractivity contribution in [3.8, 4) is 40.1 Å². The van der Waals surface area contributed by atoms with Crippen molar-refractivity contribution in [3.05, 3.63) is 290 Å². The monoisotopic (exact) mass is 1140 g/mol. The van der Waals surface area contributed by atoms with Crippen LogP contribution in [0.2, 0.25) is 0 Å². The molecule has 12 aromatic carbocycles. The van der Waals surface area contributed by atoms with Crippen LogP contribution in [0.4, 0.5) is 0 Å². The highest BCUT2D eigenvalue weighted by molar-refractivity contribution is 7.22. The summed E-state index contributed by atoms with van der Waals surface area (Å²) in [6.07, 6.45) is 0. The van der Waals surface area contributed by atoms with E-state index in [1.165, 1.54) is 0 Å². The van der Waals surface area contributed by atoms with Gasteiger partial charge in [0.1, 0.15) is 0 Å². The molecule has 0 aliphatic carbocycles. The van der Waals surface area contributed by atoms with Crippen LogP contribution in [0.25, 0.3) is 106 Å². The number of aromatic nitrogens is 6. The third kappa shape index (κ3) is 6.12. The summed E-state index contributed by atoms with van der Waals surface area (Å²) >= 11 is 0. The lowest BCUT2D eigenvalue weighted by Crippen LogP contribution is -2.76. The van der Waals surface area contributed by atoms with Gasteiger partial charge in [0.15, 0.2) is 27.8 Å². The van der Waals surface area contributed by atoms with E-state index in [1.54, 1.807) is 0 Å². The van der Waals surface area contributed by atoms with E-state index in [4.69, 9.17) is 23.2 Å². The Labute approximate surface area is 547 Å². The van der Waals surface area contributed by atoms with Gasteiger partial charge in [0.25, 0.3) is 0 Å². The van der Waals surface area contributed by atoms with Crippen LogP contribution in [0.15, 0.2) is 290 Å². The maximum atomic E-state index is 10.7. The van der Waals surface area contributed by atoms with Crippen molar-refractivity contribution in [3.63, 3.8) is 0 Å². The van der Waals surface area contributed by atoms with Crippen molar-refractivity contribution >= 4 is 123 Å². The third-order valence-electron chi connectivity index (χ3n) is 14.9. The van der Waals surface area contributed by atoms with Crippen LogP contribution in [-0.4, -0.2) is 44.8 Å². The third-order valence-corrected chi connectivity index (χ3v) is 23.3. The first-order valence-corrected chi connectivity index (χ1v) is 28.6. The summed E-state index contributed by atoms with van der Waals surface area (Å²) in [7, 11) is -13.5. The summed E-state index contributed by atoms with van der Waals surface area (Å²) in [5, 5.41) is -14.5. The molecule has 6 nitrogen and oxygen atoms in total. The van der Waals surface area contributed by atoms with Crippen LogP contribution in [0.3, 0.4) is 0 Å². The minimum Gasteiger partial charge on any atom is -0.309 e. The van der Waals surface area contributed by atoms with Crippen LogP contribution in [0.1, 0.15) is 65.8 Å². The quantitative estimate of drug-likeness (QED) is 0.149. The van der Waals surface area contributed by atoms with Gasteiger partial charge in [-0.15, -0.1) is 0 Å². The molecule has 83 heavy (non-hydrogen) atoms. The first kappa shape index (κ1) is 19.6. The molecule has 0 atom stereocenters. The van der Waals surface area contributed by atoms with E-state index in [-0.39, 0.29) is 0 Å². The van der Waals surface area contributed by atoms with Gasteiger partial charge < -0.3 is 9.13 Å². The first-order valence-electron chi connectivity index (χ1n) is 48.6. The van der Waals surface area contributed by atoms with Crippen molar-refractivity contribution in [1.82, 2.24) is 28.7 Å². The van der Waals surface area contributed by atoms with Gasteiger partial charge in [-0.1, -0.05) is 254 Å². The number of hydrogen-bond acceptors (Lipinski definition) is 3. The van der Waals surface area contributed by atoms with Gasteiger partial charge >= 0.3 is 0 Å². The highest BCUT2D eigenvalue weighted by Gasteiger charge is 2.50. The zero-order valence-electron chi connectivity index (χ0n) is 89.2. The summed E-state index contributed by atoms with van der Waals surface area (Å²) in [4.78, 5) is 14.7. The molecule has 0 saturated heterocycles. The van der Waals surface area contributed by atoms with Gasteiger partial charge in [-0.25, -0.2) is 4.98 Å². The topological polar surface area (TPSA) is 53.5 Å². The number of para-hydroxylation sites is 8. The van der Waals surface area contributed by atoms with Gasteiger partial charge in [-0.05, 0) is 77.7 Å². The van der Waals surface area contributed by atoms with Gasteiger partial charge in [-0.2, -0.15) is 9.97 Å². The molecular formula is C75H48N6Si2. The lowest BCUT2D eigenvalue weighted by atomic mass is 10.1. The molecule has 0 fully saturated rings. The predicted molar refractivity (Wildman–Crippen MR) is 348 cm³/mol. The molecule has 4 aromatic heterocycles. The number of rotatable bonds is 7. The molecule has 0 spiro atoms. The summed E-state index contributed by atoms with van der Waals surface area (Å²) in [5.41, 5.74) is -10.8. The fourth-order valence-corrected chi connectivity index (χ4v) is 20.2.